The molecule has 1 fully saturated rings. The van der Waals surface area contributed by atoms with Crippen molar-refractivity contribution in [2.24, 2.45) is 0 Å². The summed E-state index contributed by atoms with van der Waals surface area (Å²) in [5, 5.41) is 1.70. The quantitative estimate of drug-likeness (QED) is 0.354. The van der Waals surface area contributed by atoms with Crippen LogP contribution in [0.2, 0.25) is 0 Å². The molecular weight excluding hydrogens is 278 g/mol. The van der Waals surface area contributed by atoms with Gasteiger partial charge in [-0.05, 0) is 32.6 Å². The SMILES string of the molecule is CCCCCCCCCCCC(C)OC(=O)ON1CCCC1. The lowest BCUT2D eigenvalue weighted by Gasteiger charge is -2.17. The molecule has 1 aliphatic rings. The Labute approximate surface area is 136 Å². The van der Waals surface area contributed by atoms with E-state index in [1.807, 2.05) is 6.92 Å². The van der Waals surface area contributed by atoms with Crippen molar-refractivity contribution in [1.29, 1.82) is 0 Å². The van der Waals surface area contributed by atoms with E-state index >= 15 is 0 Å². The standard InChI is InChI=1S/C18H35NO3/c1-3-4-5-6-7-8-9-10-11-14-17(2)21-18(20)22-19-15-12-13-16-19/h17H,3-16H2,1-2H3. The molecule has 4 heteroatoms. The van der Waals surface area contributed by atoms with E-state index in [-0.39, 0.29) is 6.10 Å². The molecule has 0 spiro atoms. The Morgan fingerprint density at radius 3 is 2.09 bits per heavy atom. The van der Waals surface area contributed by atoms with Gasteiger partial charge in [-0.15, -0.1) is 5.06 Å². The maximum absolute atomic E-state index is 11.6. The second kappa shape index (κ2) is 12.7. The molecule has 0 aromatic carbocycles. The average Bonchev–Trinajstić information content (AvgIpc) is 2.98. The van der Waals surface area contributed by atoms with Gasteiger partial charge in [0.15, 0.2) is 0 Å². The number of carbonyl (C=O) groups excluding carboxylic acids is 1. The first kappa shape index (κ1) is 19.3. The van der Waals surface area contributed by atoms with Crippen LogP contribution < -0.4 is 0 Å². The Bertz CT molecular complexity index is 278. The van der Waals surface area contributed by atoms with E-state index in [1.54, 1.807) is 5.06 Å². The zero-order valence-electron chi connectivity index (χ0n) is 14.6. The molecule has 0 radical (unpaired) electrons. The Morgan fingerprint density at radius 2 is 1.50 bits per heavy atom. The molecule has 4 nitrogen and oxygen atoms in total. The maximum Gasteiger partial charge on any atom is 0.528 e. The van der Waals surface area contributed by atoms with Gasteiger partial charge >= 0.3 is 6.16 Å². The number of ether oxygens (including phenoxy) is 1. The molecule has 130 valence electrons. The van der Waals surface area contributed by atoms with Gasteiger partial charge in [0.1, 0.15) is 6.10 Å². The largest absolute Gasteiger partial charge is 0.528 e. The van der Waals surface area contributed by atoms with Crippen molar-refractivity contribution < 1.29 is 14.4 Å². The Hall–Kier alpha value is -0.770. The first-order valence-corrected chi connectivity index (χ1v) is 9.36. The molecule has 1 atom stereocenters. The van der Waals surface area contributed by atoms with Gasteiger partial charge in [0.05, 0.1) is 0 Å². The van der Waals surface area contributed by atoms with Crippen molar-refractivity contribution in [2.45, 2.75) is 97.0 Å². The summed E-state index contributed by atoms with van der Waals surface area (Å²) in [5.74, 6) is 0. The second-order valence-corrected chi connectivity index (χ2v) is 6.52. The van der Waals surface area contributed by atoms with Crippen molar-refractivity contribution in [3.05, 3.63) is 0 Å². The minimum Gasteiger partial charge on any atom is -0.430 e. The monoisotopic (exact) mass is 313 g/mol. The van der Waals surface area contributed by atoms with Gasteiger partial charge in [0, 0.05) is 13.1 Å². The van der Waals surface area contributed by atoms with Crippen LogP contribution in [0.25, 0.3) is 0 Å². The minimum atomic E-state index is -0.537. The molecule has 0 amide bonds. The molecule has 0 N–H and O–H groups in total. The topological polar surface area (TPSA) is 38.8 Å². The van der Waals surface area contributed by atoms with Gasteiger partial charge in [-0.2, -0.15) is 0 Å². The van der Waals surface area contributed by atoms with E-state index in [9.17, 15) is 4.79 Å². The highest BCUT2D eigenvalue weighted by molar-refractivity contribution is 5.59. The highest BCUT2D eigenvalue weighted by Gasteiger charge is 2.18. The summed E-state index contributed by atoms with van der Waals surface area (Å²) in [6.45, 7) is 5.88. The molecule has 0 saturated carbocycles. The Morgan fingerprint density at radius 1 is 0.955 bits per heavy atom. The summed E-state index contributed by atoms with van der Waals surface area (Å²) < 4.78 is 5.28. The molecule has 1 saturated heterocycles. The minimum absolute atomic E-state index is 0.0420. The van der Waals surface area contributed by atoms with Crippen molar-refractivity contribution in [3.63, 3.8) is 0 Å². The summed E-state index contributed by atoms with van der Waals surface area (Å²) in [4.78, 5) is 16.7. The fourth-order valence-electron chi connectivity index (χ4n) is 2.87. The van der Waals surface area contributed by atoms with Gasteiger partial charge in [0.25, 0.3) is 0 Å². The lowest BCUT2D eigenvalue weighted by molar-refractivity contribution is -0.120. The van der Waals surface area contributed by atoms with Gasteiger partial charge in [-0.25, -0.2) is 4.79 Å². The van der Waals surface area contributed by atoms with E-state index in [0.29, 0.717) is 0 Å². The lowest BCUT2D eigenvalue weighted by Crippen LogP contribution is -2.26. The summed E-state index contributed by atoms with van der Waals surface area (Å²) in [6, 6.07) is 0. The summed E-state index contributed by atoms with van der Waals surface area (Å²) in [5.41, 5.74) is 0. The van der Waals surface area contributed by atoms with Crippen LogP contribution in [0.4, 0.5) is 4.79 Å². The number of hydrogen-bond donors (Lipinski definition) is 0. The number of unbranched alkanes of at least 4 members (excludes halogenated alkanes) is 8. The van der Waals surface area contributed by atoms with Crippen LogP contribution in [0, 0.1) is 0 Å². The number of nitrogens with zero attached hydrogens (tertiary/aromatic N) is 1. The lowest BCUT2D eigenvalue weighted by atomic mass is 10.1. The highest BCUT2D eigenvalue weighted by Crippen LogP contribution is 2.13. The zero-order valence-corrected chi connectivity index (χ0v) is 14.6. The first-order valence-electron chi connectivity index (χ1n) is 9.36. The Kier molecular flexibility index (Phi) is 11.2. The predicted octanol–water partition coefficient (Wildman–Crippen LogP) is 5.46. The van der Waals surface area contributed by atoms with Gasteiger partial charge < -0.3 is 9.57 Å². The second-order valence-electron chi connectivity index (χ2n) is 6.52. The van der Waals surface area contributed by atoms with Gasteiger partial charge in [-0.1, -0.05) is 58.3 Å². The molecule has 1 unspecified atom stereocenters. The van der Waals surface area contributed by atoms with Crippen LogP contribution in [0.5, 0.6) is 0 Å². The zero-order chi connectivity index (χ0) is 16.0. The third-order valence-corrected chi connectivity index (χ3v) is 4.28. The highest BCUT2D eigenvalue weighted by atomic mass is 16.8. The number of rotatable bonds is 12. The summed E-state index contributed by atoms with van der Waals surface area (Å²) in [7, 11) is 0. The van der Waals surface area contributed by atoms with E-state index in [1.165, 1.54) is 51.4 Å². The summed E-state index contributed by atoms with van der Waals surface area (Å²) in [6.07, 6.45) is 14.4. The van der Waals surface area contributed by atoms with Crippen molar-refractivity contribution >= 4 is 6.16 Å². The van der Waals surface area contributed by atoms with Crippen molar-refractivity contribution in [2.75, 3.05) is 13.1 Å². The number of hydrogen-bond acceptors (Lipinski definition) is 4. The predicted molar refractivity (Wildman–Crippen MR) is 89.7 cm³/mol. The fourth-order valence-corrected chi connectivity index (χ4v) is 2.87. The van der Waals surface area contributed by atoms with Gasteiger partial charge in [-0.3, -0.25) is 0 Å². The number of carbonyl (C=O) groups is 1. The smallest absolute Gasteiger partial charge is 0.430 e. The third-order valence-electron chi connectivity index (χ3n) is 4.28. The molecule has 0 aromatic heterocycles. The molecule has 0 aliphatic carbocycles. The molecule has 1 rings (SSSR count). The molecule has 1 aliphatic heterocycles. The van der Waals surface area contributed by atoms with Crippen molar-refractivity contribution in [1.82, 2.24) is 5.06 Å². The molecule has 0 bridgehead atoms. The number of hydroxylamine groups is 2. The molecule has 0 aromatic rings. The van der Waals surface area contributed by atoms with E-state index in [2.05, 4.69) is 6.92 Å². The van der Waals surface area contributed by atoms with Crippen LogP contribution in [0.15, 0.2) is 0 Å². The fraction of sp³-hybridized carbons (Fsp3) is 0.944. The van der Waals surface area contributed by atoms with Crippen LogP contribution in [0.1, 0.15) is 90.9 Å². The molecular formula is C18H35NO3. The third kappa shape index (κ3) is 10.0. The maximum atomic E-state index is 11.6. The van der Waals surface area contributed by atoms with E-state index < -0.39 is 6.16 Å². The summed E-state index contributed by atoms with van der Waals surface area (Å²) >= 11 is 0. The Balaban J connectivity index is 1.88. The normalized spacial score (nSPS) is 16.6. The molecule has 1 heterocycles. The van der Waals surface area contributed by atoms with E-state index in [4.69, 9.17) is 9.57 Å². The average molecular weight is 313 g/mol. The van der Waals surface area contributed by atoms with Gasteiger partial charge in [0.2, 0.25) is 0 Å². The first-order chi connectivity index (χ1) is 10.7. The van der Waals surface area contributed by atoms with Crippen molar-refractivity contribution in [3.8, 4) is 0 Å². The van der Waals surface area contributed by atoms with Crippen LogP contribution in [-0.2, 0) is 9.57 Å². The van der Waals surface area contributed by atoms with Crippen LogP contribution in [-0.4, -0.2) is 30.4 Å². The van der Waals surface area contributed by atoms with E-state index in [0.717, 1.165) is 38.8 Å². The van der Waals surface area contributed by atoms with Crippen LogP contribution in [0.3, 0.4) is 0 Å². The van der Waals surface area contributed by atoms with Crippen LogP contribution >= 0.6 is 0 Å². The molecule has 22 heavy (non-hydrogen) atoms.